The minimum absolute atomic E-state index is 0.187. The van der Waals surface area contributed by atoms with Crippen molar-refractivity contribution in [1.82, 2.24) is 4.90 Å². The molecule has 2 heterocycles. The van der Waals surface area contributed by atoms with E-state index in [2.05, 4.69) is 47.0 Å². The molecule has 3 heteroatoms. The summed E-state index contributed by atoms with van der Waals surface area (Å²) in [6.07, 6.45) is 12.4. The molecule has 2 aliphatic heterocycles. The fourth-order valence-corrected chi connectivity index (χ4v) is 2.75. The maximum absolute atomic E-state index is 4.66. The molecule has 0 N–H and O–H groups in total. The van der Waals surface area contributed by atoms with E-state index < -0.39 is 0 Å². The smallest absolute Gasteiger partial charge is 0.126 e. The zero-order chi connectivity index (χ0) is 11.9. The second kappa shape index (κ2) is 3.77. The molecule has 0 saturated heterocycles. The van der Waals surface area contributed by atoms with Crippen LogP contribution in [0.5, 0.6) is 0 Å². The maximum atomic E-state index is 4.66. The van der Waals surface area contributed by atoms with Gasteiger partial charge < -0.3 is 0 Å². The number of hydrogen-bond acceptors (Lipinski definition) is 3. The fourth-order valence-electron chi connectivity index (χ4n) is 2.75. The average molecular weight is 227 g/mol. The van der Waals surface area contributed by atoms with Crippen LogP contribution in [0.1, 0.15) is 13.8 Å². The Hall–Kier alpha value is -1.48. The van der Waals surface area contributed by atoms with Gasteiger partial charge in [0.25, 0.3) is 0 Å². The van der Waals surface area contributed by atoms with E-state index in [4.69, 9.17) is 0 Å². The summed E-state index contributed by atoms with van der Waals surface area (Å²) in [6.45, 7) is 6.30. The molecule has 1 spiro atoms. The van der Waals surface area contributed by atoms with Gasteiger partial charge in [0.2, 0.25) is 0 Å². The van der Waals surface area contributed by atoms with Crippen LogP contribution in [0, 0.1) is 5.92 Å². The van der Waals surface area contributed by atoms with Gasteiger partial charge in [-0.1, -0.05) is 32.1 Å². The van der Waals surface area contributed by atoms with E-state index in [0.29, 0.717) is 5.92 Å². The fraction of sp³-hybridized carbons (Fsp3) is 0.429. The van der Waals surface area contributed by atoms with Gasteiger partial charge in [-0.15, -0.1) is 0 Å². The predicted molar refractivity (Wildman–Crippen MR) is 71.4 cm³/mol. The molecule has 3 nitrogen and oxygen atoms in total. The van der Waals surface area contributed by atoms with Crippen LogP contribution in [0.4, 0.5) is 0 Å². The highest BCUT2D eigenvalue weighted by Crippen LogP contribution is 2.33. The van der Waals surface area contributed by atoms with Crippen molar-refractivity contribution in [3.63, 3.8) is 0 Å². The number of rotatable bonds is 2. The Morgan fingerprint density at radius 1 is 1.29 bits per heavy atom. The minimum Gasteiger partial charge on any atom is -0.271 e. The zero-order valence-corrected chi connectivity index (χ0v) is 10.3. The van der Waals surface area contributed by atoms with Gasteiger partial charge >= 0.3 is 0 Å². The number of hydrogen-bond donors (Lipinski definition) is 0. The third-order valence-electron chi connectivity index (χ3n) is 3.43. The quantitative estimate of drug-likeness (QED) is 0.710. The normalized spacial score (nSPS) is 30.3. The van der Waals surface area contributed by atoms with Crippen molar-refractivity contribution >= 4 is 11.4 Å². The summed E-state index contributed by atoms with van der Waals surface area (Å²) in [4.78, 5) is 11.6. The van der Waals surface area contributed by atoms with Crippen LogP contribution in [0.15, 0.2) is 46.6 Å². The molecule has 0 radical (unpaired) electrons. The predicted octanol–water partition coefficient (Wildman–Crippen LogP) is 2.19. The van der Waals surface area contributed by atoms with Crippen molar-refractivity contribution in [3.8, 4) is 0 Å². The Balaban J connectivity index is 2.04. The summed E-state index contributed by atoms with van der Waals surface area (Å²) < 4.78 is 0. The SMILES string of the molecule is CC(C)CN1CN=C2C=CN=C3C=CC=CC321. The summed E-state index contributed by atoms with van der Waals surface area (Å²) in [6, 6.07) is 0. The van der Waals surface area contributed by atoms with E-state index in [9.17, 15) is 0 Å². The van der Waals surface area contributed by atoms with Crippen molar-refractivity contribution < 1.29 is 0 Å². The molecule has 3 aliphatic rings. The largest absolute Gasteiger partial charge is 0.271 e. The molecule has 0 aromatic carbocycles. The van der Waals surface area contributed by atoms with E-state index in [1.165, 1.54) is 0 Å². The topological polar surface area (TPSA) is 28.0 Å². The van der Waals surface area contributed by atoms with E-state index >= 15 is 0 Å². The van der Waals surface area contributed by atoms with E-state index in [1.54, 1.807) is 0 Å². The first-order valence-corrected chi connectivity index (χ1v) is 6.14. The Labute approximate surface area is 102 Å². The lowest BCUT2D eigenvalue weighted by Crippen LogP contribution is -2.56. The molecular weight excluding hydrogens is 210 g/mol. The molecule has 0 aromatic rings. The van der Waals surface area contributed by atoms with Gasteiger partial charge in [-0.2, -0.15) is 0 Å². The van der Waals surface area contributed by atoms with E-state index in [1.807, 2.05) is 18.4 Å². The lowest BCUT2D eigenvalue weighted by atomic mass is 9.82. The molecule has 1 unspecified atom stereocenters. The average Bonchev–Trinajstić information content (AvgIpc) is 2.66. The number of nitrogens with zero attached hydrogens (tertiary/aromatic N) is 3. The van der Waals surface area contributed by atoms with Gasteiger partial charge in [-0.25, -0.2) is 0 Å². The summed E-state index contributed by atoms with van der Waals surface area (Å²) >= 11 is 0. The van der Waals surface area contributed by atoms with Gasteiger partial charge in [-0.05, 0) is 18.1 Å². The van der Waals surface area contributed by atoms with Crippen molar-refractivity contribution in [2.45, 2.75) is 19.4 Å². The molecule has 17 heavy (non-hydrogen) atoms. The lowest BCUT2D eigenvalue weighted by molar-refractivity contribution is 0.235. The highest BCUT2D eigenvalue weighted by atomic mass is 15.3. The van der Waals surface area contributed by atoms with Crippen molar-refractivity contribution in [2.75, 3.05) is 13.2 Å². The van der Waals surface area contributed by atoms with Gasteiger partial charge in [0.15, 0.2) is 0 Å². The first-order chi connectivity index (χ1) is 8.23. The first-order valence-electron chi connectivity index (χ1n) is 6.14. The number of allylic oxidation sites excluding steroid dienone is 2. The van der Waals surface area contributed by atoms with Crippen molar-refractivity contribution in [2.24, 2.45) is 15.9 Å². The van der Waals surface area contributed by atoms with E-state index in [-0.39, 0.29) is 5.54 Å². The maximum Gasteiger partial charge on any atom is 0.126 e. The molecule has 0 saturated carbocycles. The van der Waals surface area contributed by atoms with Crippen LogP contribution in [0.2, 0.25) is 0 Å². The van der Waals surface area contributed by atoms with Crippen LogP contribution < -0.4 is 0 Å². The van der Waals surface area contributed by atoms with Crippen LogP contribution in [-0.2, 0) is 0 Å². The van der Waals surface area contributed by atoms with Crippen molar-refractivity contribution in [3.05, 3.63) is 36.6 Å². The first kappa shape index (κ1) is 10.7. The zero-order valence-electron chi connectivity index (χ0n) is 10.3. The van der Waals surface area contributed by atoms with Gasteiger partial charge in [-0.3, -0.25) is 14.9 Å². The monoisotopic (exact) mass is 227 g/mol. The Morgan fingerprint density at radius 2 is 2.18 bits per heavy atom. The lowest BCUT2D eigenvalue weighted by Gasteiger charge is -2.39. The van der Waals surface area contributed by atoms with Crippen LogP contribution in [-0.4, -0.2) is 35.1 Å². The van der Waals surface area contributed by atoms with Gasteiger partial charge in [0.1, 0.15) is 5.54 Å². The second-order valence-electron chi connectivity index (χ2n) is 5.12. The molecule has 0 bridgehead atoms. The third kappa shape index (κ3) is 1.46. The summed E-state index contributed by atoms with van der Waals surface area (Å²) in [5, 5.41) is 0. The standard InChI is InChI=1S/C14H17N3/c1-11(2)9-17-10-16-13-6-8-15-12-5-3-4-7-14(12,13)17/h3-8,11H,9-10H2,1-2H3. The Morgan fingerprint density at radius 3 is 3.00 bits per heavy atom. The van der Waals surface area contributed by atoms with Crippen molar-refractivity contribution in [1.29, 1.82) is 0 Å². The molecular formula is C14H17N3. The summed E-state index contributed by atoms with van der Waals surface area (Å²) in [5.41, 5.74) is 2.04. The highest BCUT2D eigenvalue weighted by Gasteiger charge is 2.47. The molecule has 3 rings (SSSR count). The van der Waals surface area contributed by atoms with Crippen LogP contribution >= 0.6 is 0 Å². The molecule has 0 aromatic heterocycles. The Bertz CT molecular complexity index is 480. The molecule has 1 atom stereocenters. The molecule has 1 aliphatic carbocycles. The van der Waals surface area contributed by atoms with Gasteiger partial charge in [0.05, 0.1) is 18.1 Å². The molecule has 0 amide bonds. The van der Waals surface area contributed by atoms with E-state index in [0.717, 1.165) is 24.6 Å². The molecule has 0 fully saturated rings. The highest BCUT2D eigenvalue weighted by molar-refractivity contribution is 6.28. The second-order valence-corrected chi connectivity index (χ2v) is 5.12. The van der Waals surface area contributed by atoms with Crippen LogP contribution in [0.3, 0.4) is 0 Å². The van der Waals surface area contributed by atoms with Crippen LogP contribution in [0.25, 0.3) is 0 Å². The summed E-state index contributed by atoms with van der Waals surface area (Å²) in [5.74, 6) is 0.630. The third-order valence-corrected chi connectivity index (χ3v) is 3.43. The number of aliphatic imine (C=N–C) groups is 2. The van der Waals surface area contributed by atoms with Gasteiger partial charge in [0, 0.05) is 12.7 Å². The summed E-state index contributed by atoms with van der Waals surface area (Å²) in [7, 11) is 0. The minimum atomic E-state index is -0.187. The molecule has 88 valence electrons. The Kier molecular flexibility index (Phi) is 2.37.